The van der Waals surface area contributed by atoms with E-state index in [2.05, 4.69) is 6.92 Å². The lowest BCUT2D eigenvalue weighted by Gasteiger charge is -2.09. The smallest absolute Gasteiger partial charge is 0.302 e. The molecular formula is C12H20O3. The zero-order valence-corrected chi connectivity index (χ0v) is 9.79. The molecule has 0 radical (unpaired) electrons. The first kappa shape index (κ1) is 13.9. The van der Waals surface area contributed by atoms with Gasteiger partial charge in [0.15, 0.2) is 0 Å². The highest BCUT2D eigenvalue weighted by Gasteiger charge is 2.02. The van der Waals surface area contributed by atoms with Crippen LogP contribution in [0.4, 0.5) is 0 Å². The second-order valence-corrected chi connectivity index (χ2v) is 3.88. The van der Waals surface area contributed by atoms with Crippen molar-refractivity contribution < 1.29 is 14.3 Å². The minimum absolute atomic E-state index is 0.223. The number of carbonyl (C=O) groups is 2. The van der Waals surface area contributed by atoms with E-state index in [9.17, 15) is 9.59 Å². The minimum Gasteiger partial charge on any atom is -0.466 e. The van der Waals surface area contributed by atoms with Gasteiger partial charge in [-0.25, -0.2) is 0 Å². The van der Waals surface area contributed by atoms with Gasteiger partial charge >= 0.3 is 5.97 Å². The summed E-state index contributed by atoms with van der Waals surface area (Å²) in [6.07, 6.45) is 5.62. The summed E-state index contributed by atoms with van der Waals surface area (Å²) < 4.78 is 4.85. The van der Waals surface area contributed by atoms with Gasteiger partial charge in [-0.3, -0.25) is 9.59 Å². The van der Waals surface area contributed by atoms with Crippen LogP contribution in [0.3, 0.4) is 0 Å². The van der Waals surface area contributed by atoms with E-state index in [0.29, 0.717) is 12.5 Å². The molecule has 1 atom stereocenters. The molecule has 86 valence electrons. The van der Waals surface area contributed by atoms with Crippen molar-refractivity contribution in [1.82, 2.24) is 0 Å². The first-order chi connectivity index (χ1) is 7.06. The molecule has 0 aliphatic carbocycles. The monoisotopic (exact) mass is 212 g/mol. The maximum Gasteiger partial charge on any atom is 0.302 e. The molecule has 0 saturated heterocycles. The van der Waals surface area contributed by atoms with Crippen molar-refractivity contribution in [2.24, 2.45) is 5.92 Å². The molecule has 0 spiro atoms. The van der Waals surface area contributed by atoms with Gasteiger partial charge < -0.3 is 4.74 Å². The van der Waals surface area contributed by atoms with Crippen LogP contribution >= 0.6 is 0 Å². The van der Waals surface area contributed by atoms with Crippen LogP contribution in [0, 0.1) is 5.92 Å². The molecule has 3 nitrogen and oxygen atoms in total. The van der Waals surface area contributed by atoms with E-state index in [1.165, 1.54) is 6.92 Å². The molecule has 0 aliphatic rings. The van der Waals surface area contributed by atoms with E-state index in [0.717, 1.165) is 31.1 Å². The molecule has 15 heavy (non-hydrogen) atoms. The van der Waals surface area contributed by atoms with Gasteiger partial charge in [-0.1, -0.05) is 13.0 Å². The van der Waals surface area contributed by atoms with Crippen LogP contribution in [-0.2, 0) is 14.3 Å². The summed E-state index contributed by atoms with van der Waals surface area (Å²) in [7, 11) is 0. The second-order valence-electron chi connectivity index (χ2n) is 3.88. The topological polar surface area (TPSA) is 43.4 Å². The summed E-state index contributed by atoms with van der Waals surface area (Å²) >= 11 is 0. The molecule has 0 unspecified atom stereocenters. The van der Waals surface area contributed by atoms with Crippen LogP contribution in [0.5, 0.6) is 0 Å². The van der Waals surface area contributed by atoms with E-state index in [4.69, 9.17) is 4.74 Å². The van der Waals surface area contributed by atoms with Crippen LogP contribution in [0.2, 0.25) is 0 Å². The molecular weight excluding hydrogens is 192 g/mol. The third kappa shape index (κ3) is 9.19. The predicted molar refractivity (Wildman–Crippen MR) is 59.5 cm³/mol. The average molecular weight is 212 g/mol. The zero-order chi connectivity index (χ0) is 11.7. The highest BCUT2D eigenvalue weighted by atomic mass is 16.5. The molecule has 0 aliphatic heterocycles. The number of carbonyl (C=O) groups excluding carboxylic acids is 2. The molecule has 0 fully saturated rings. The Kier molecular flexibility index (Phi) is 7.60. The fraction of sp³-hybridized carbons (Fsp3) is 0.667. The lowest BCUT2D eigenvalue weighted by atomic mass is 10.0. The largest absolute Gasteiger partial charge is 0.466 e. The van der Waals surface area contributed by atoms with E-state index >= 15 is 0 Å². The van der Waals surface area contributed by atoms with E-state index in [1.807, 2.05) is 6.08 Å². The number of aldehydes is 1. The van der Waals surface area contributed by atoms with E-state index in [-0.39, 0.29) is 5.97 Å². The van der Waals surface area contributed by atoms with Crippen molar-refractivity contribution in [3.63, 3.8) is 0 Å². The Morgan fingerprint density at radius 1 is 1.33 bits per heavy atom. The number of hydrogen-bond acceptors (Lipinski definition) is 3. The number of allylic oxidation sites excluding steroid dienone is 2. The van der Waals surface area contributed by atoms with Crippen molar-refractivity contribution in [2.75, 3.05) is 6.61 Å². The summed E-state index contributed by atoms with van der Waals surface area (Å²) in [6, 6.07) is 0. The number of rotatable bonds is 7. The highest BCUT2D eigenvalue weighted by Crippen LogP contribution is 2.11. The van der Waals surface area contributed by atoms with Gasteiger partial charge in [0, 0.05) is 6.92 Å². The van der Waals surface area contributed by atoms with Crippen LogP contribution in [0.25, 0.3) is 0 Å². The fourth-order valence-corrected chi connectivity index (χ4v) is 1.19. The van der Waals surface area contributed by atoms with Crippen molar-refractivity contribution >= 4 is 12.3 Å². The average Bonchev–Trinajstić information content (AvgIpc) is 2.17. The lowest BCUT2D eigenvalue weighted by molar-refractivity contribution is -0.141. The lowest BCUT2D eigenvalue weighted by Crippen LogP contribution is -2.05. The normalized spacial score (nSPS) is 13.4. The molecule has 0 aromatic rings. The van der Waals surface area contributed by atoms with Gasteiger partial charge in [0.2, 0.25) is 0 Å². The summed E-state index contributed by atoms with van der Waals surface area (Å²) in [5, 5.41) is 0. The van der Waals surface area contributed by atoms with Gasteiger partial charge in [-0.05, 0) is 37.7 Å². The minimum atomic E-state index is -0.223. The molecule has 0 N–H and O–H groups in total. The number of ether oxygens (including phenoxy) is 1. The Balaban J connectivity index is 3.53. The maximum atomic E-state index is 10.5. The SMILES string of the molecule is CC(=O)OCC[C@H](C)CC/C=C(\C)C=O. The fourth-order valence-electron chi connectivity index (χ4n) is 1.19. The standard InChI is InChI=1S/C12H20O3/c1-10(7-8-15-12(3)14)5-4-6-11(2)9-13/h6,9-10H,4-5,7-8H2,1-3H3/b11-6+/t10-/m1/s1. The quantitative estimate of drug-likeness (QED) is 0.370. The summed E-state index contributed by atoms with van der Waals surface area (Å²) in [5.41, 5.74) is 0.780. The highest BCUT2D eigenvalue weighted by molar-refractivity contribution is 5.71. The van der Waals surface area contributed by atoms with E-state index in [1.54, 1.807) is 6.92 Å². The Hall–Kier alpha value is -1.12. The Labute approximate surface area is 91.5 Å². The Morgan fingerprint density at radius 2 is 2.00 bits per heavy atom. The van der Waals surface area contributed by atoms with E-state index < -0.39 is 0 Å². The summed E-state index contributed by atoms with van der Waals surface area (Å²) in [5.74, 6) is 0.291. The number of esters is 1. The molecule has 0 aromatic carbocycles. The van der Waals surface area contributed by atoms with Gasteiger partial charge in [0.05, 0.1) is 6.61 Å². The molecule has 3 heteroatoms. The first-order valence-corrected chi connectivity index (χ1v) is 5.31. The summed E-state index contributed by atoms with van der Waals surface area (Å²) in [4.78, 5) is 20.8. The van der Waals surface area contributed by atoms with Crippen molar-refractivity contribution in [3.8, 4) is 0 Å². The molecule has 0 bridgehead atoms. The molecule has 0 aromatic heterocycles. The Morgan fingerprint density at radius 3 is 2.53 bits per heavy atom. The van der Waals surface area contributed by atoms with Gasteiger partial charge in [-0.2, -0.15) is 0 Å². The van der Waals surface area contributed by atoms with Crippen LogP contribution < -0.4 is 0 Å². The number of hydrogen-bond donors (Lipinski definition) is 0. The van der Waals surface area contributed by atoms with Gasteiger partial charge in [-0.15, -0.1) is 0 Å². The first-order valence-electron chi connectivity index (χ1n) is 5.31. The second kappa shape index (κ2) is 8.21. The van der Waals surface area contributed by atoms with Gasteiger partial charge in [0.1, 0.15) is 6.29 Å². The molecule has 0 amide bonds. The van der Waals surface area contributed by atoms with Gasteiger partial charge in [0.25, 0.3) is 0 Å². The van der Waals surface area contributed by atoms with Crippen LogP contribution in [0.1, 0.15) is 40.0 Å². The Bertz CT molecular complexity index is 231. The van der Waals surface area contributed by atoms with Crippen molar-refractivity contribution in [3.05, 3.63) is 11.6 Å². The predicted octanol–water partition coefficient (Wildman–Crippen LogP) is 2.50. The molecule has 0 rings (SSSR count). The molecule has 0 heterocycles. The third-order valence-corrected chi connectivity index (χ3v) is 2.23. The summed E-state index contributed by atoms with van der Waals surface area (Å²) in [6.45, 7) is 5.83. The van der Waals surface area contributed by atoms with Crippen molar-refractivity contribution in [1.29, 1.82) is 0 Å². The zero-order valence-electron chi connectivity index (χ0n) is 9.79. The van der Waals surface area contributed by atoms with Crippen LogP contribution in [0.15, 0.2) is 11.6 Å². The van der Waals surface area contributed by atoms with Crippen LogP contribution in [-0.4, -0.2) is 18.9 Å². The molecule has 0 saturated carbocycles. The third-order valence-electron chi connectivity index (χ3n) is 2.23. The van der Waals surface area contributed by atoms with Crippen molar-refractivity contribution in [2.45, 2.75) is 40.0 Å². The maximum absolute atomic E-state index is 10.5.